The van der Waals surface area contributed by atoms with Crippen LogP contribution in [0, 0.1) is 5.92 Å². The lowest BCUT2D eigenvalue weighted by atomic mass is 9.94. The van der Waals surface area contributed by atoms with E-state index in [9.17, 15) is 9.90 Å². The first-order chi connectivity index (χ1) is 9.30. The Hall–Kier alpha value is -1.75. The van der Waals surface area contributed by atoms with Crippen LogP contribution in [0.2, 0.25) is 0 Å². The van der Waals surface area contributed by atoms with Crippen molar-refractivity contribution in [3.05, 3.63) is 24.3 Å². The number of para-hydroxylation sites is 2. The van der Waals surface area contributed by atoms with Crippen molar-refractivity contribution in [1.29, 1.82) is 0 Å². The SMILES string of the molecule is CC(C)CC(C)(O)CNC(=O)COc1ccccc1N. The number of rotatable bonds is 7. The molecule has 0 radical (unpaired) electrons. The van der Waals surface area contributed by atoms with E-state index < -0.39 is 5.60 Å². The molecular formula is C15H24N2O3. The second kappa shape index (κ2) is 7.14. The third kappa shape index (κ3) is 5.93. The fraction of sp³-hybridized carbons (Fsp3) is 0.533. The van der Waals surface area contributed by atoms with Crippen molar-refractivity contribution in [1.82, 2.24) is 5.32 Å². The van der Waals surface area contributed by atoms with Gasteiger partial charge in [0.05, 0.1) is 11.3 Å². The number of ether oxygens (including phenoxy) is 1. The van der Waals surface area contributed by atoms with Crippen LogP contribution in [-0.2, 0) is 4.79 Å². The molecule has 0 bridgehead atoms. The highest BCUT2D eigenvalue weighted by Crippen LogP contribution is 2.19. The Morgan fingerprint density at radius 3 is 2.70 bits per heavy atom. The molecule has 5 heteroatoms. The molecular weight excluding hydrogens is 256 g/mol. The van der Waals surface area contributed by atoms with Crippen molar-refractivity contribution in [3.8, 4) is 5.75 Å². The number of carbonyl (C=O) groups excluding carboxylic acids is 1. The number of hydrogen-bond acceptors (Lipinski definition) is 4. The number of nitrogen functional groups attached to an aromatic ring is 1. The number of aliphatic hydroxyl groups is 1. The minimum Gasteiger partial charge on any atom is -0.482 e. The van der Waals surface area contributed by atoms with Crippen molar-refractivity contribution in [2.45, 2.75) is 32.8 Å². The normalized spacial score (nSPS) is 13.8. The summed E-state index contributed by atoms with van der Waals surface area (Å²) in [5, 5.41) is 12.8. The van der Waals surface area contributed by atoms with Gasteiger partial charge in [0.2, 0.25) is 0 Å². The van der Waals surface area contributed by atoms with Gasteiger partial charge in [-0.1, -0.05) is 26.0 Å². The van der Waals surface area contributed by atoms with Crippen LogP contribution in [0.3, 0.4) is 0 Å². The summed E-state index contributed by atoms with van der Waals surface area (Å²) in [5.74, 6) is 0.566. The van der Waals surface area contributed by atoms with Crippen molar-refractivity contribution < 1.29 is 14.6 Å². The molecule has 0 fully saturated rings. The molecule has 0 aliphatic heterocycles. The predicted molar refractivity (Wildman–Crippen MR) is 79.4 cm³/mol. The van der Waals surface area contributed by atoms with E-state index >= 15 is 0 Å². The van der Waals surface area contributed by atoms with Crippen LogP contribution in [0.1, 0.15) is 27.2 Å². The predicted octanol–water partition coefficient (Wildman–Crippen LogP) is 1.56. The Balaban J connectivity index is 2.36. The van der Waals surface area contributed by atoms with E-state index in [0.29, 0.717) is 23.8 Å². The molecule has 0 heterocycles. The summed E-state index contributed by atoms with van der Waals surface area (Å²) >= 11 is 0. The van der Waals surface area contributed by atoms with Crippen molar-refractivity contribution in [3.63, 3.8) is 0 Å². The Kier molecular flexibility index (Phi) is 5.82. The Labute approximate surface area is 120 Å². The van der Waals surface area contributed by atoms with Gasteiger partial charge in [0.15, 0.2) is 6.61 Å². The van der Waals surface area contributed by atoms with Gasteiger partial charge in [-0.05, 0) is 31.4 Å². The summed E-state index contributed by atoms with van der Waals surface area (Å²) in [6, 6.07) is 7.00. The molecule has 1 aromatic carbocycles. The molecule has 1 amide bonds. The fourth-order valence-corrected chi connectivity index (χ4v) is 2.05. The highest BCUT2D eigenvalue weighted by Gasteiger charge is 2.22. The zero-order valence-electron chi connectivity index (χ0n) is 12.3. The quantitative estimate of drug-likeness (QED) is 0.662. The lowest BCUT2D eigenvalue weighted by Gasteiger charge is -2.25. The molecule has 0 saturated heterocycles. The van der Waals surface area contributed by atoms with Gasteiger partial charge in [0.1, 0.15) is 5.75 Å². The van der Waals surface area contributed by atoms with Crippen molar-refractivity contribution in [2.75, 3.05) is 18.9 Å². The summed E-state index contributed by atoms with van der Waals surface area (Å²) < 4.78 is 5.33. The molecule has 0 spiro atoms. The van der Waals surface area contributed by atoms with Crippen LogP contribution in [-0.4, -0.2) is 29.8 Å². The number of benzene rings is 1. The average Bonchev–Trinajstić information content (AvgIpc) is 2.34. The summed E-state index contributed by atoms with van der Waals surface area (Å²) in [5.41, 5.74) is 5.29. The lowest BCUT2D eigenvalue weighted by Crippen LogP contribution is -2.43. The standard InChI is InChI=1S/C15H24N2O3/c1-11(2)8-15(3,19)10-17-14(18)9-20-13-7-5-4-6-12(13)16/h4-7,11,19H,8-10,16H2,1-3H3,(H,17,18). The Morgan fingerprint density at radius 2 is 2.10 bits per heavy atom. The van der Waals surface area contributed by atoms with E-state index in [1.165, 1.54) is 0 Å². The van der Waals surface area contributed by atoms with Gasteiger partial charge < -0.3 is 20.9 Å². The number of hydrogen-bond donors (Lipinski definition) is 3. The van der Waals surface area contributed by atoms with Gasteiger partial charge in [0.25, 0.3) is 5.91 Å². The lowest BCUT2D eigenvalue weighted by molar-refractivity contribution is -0.124. The molecule has 1 unspecified atom stereocenters. The highest BCUT2D eigenvalue weighted by atomic mass is 16.5. The van der Waals surface area contributed by atoms with Gasteiger partial charge >= 0.3 is 0 Å². The van der Waals surface area contributed by atoms with E-state index in [0.717, 1.165) is 0 Å². The summed E-state index contributed by atoms with van der Waals surface area (Å²) in [7, 11) is 0. The molecule has 4 N–H and O–H groups in total. The third-order valence-electron chi connectivity index (χ3n) is 2.79. The topological polar surface area (TPSA) is 84.6 Å². The van der Waals surface area contributed by atoms with Gasteiger partial charge in [0, 0.05) is 6.54 Å². The zero-order chi connectivity index (χ0) is 15.2. The molecule has 1 atom stereocenters. The van der Waals surface area contributed by atoms with Crippen LogP contribution < -0.4 is 15.8 Å². The summed E-state index contributed by atoms with van der Waals surface area (Å²) in [6.07, 6.45) is 0.625. The van der Waals surface area contributed by atoms with Crippen LogP contribution in [0.25, 0.3) is 0 Å². The van der Waals surface area contributed by atoms with E-state index in [4.69, 9.17) is 10.5 Å². The monoisotopic (exact) mass is 280 g/mol. The summed E-state index contributed by atoms with van der Waals surface area (Å²) in [6.45, 7) is 5.85. The molecule has 1 rings (SSSR count). The van der Waals surface area contributed by atoms with Gasteiger partial charge in [-0.3, -0.25) is 4.79 Å². The molecule has 20 heavy (non-hydrogen) atoms. The number of nitrogens with one attached hydrogen (secondary N) is 1. The van der Waals surface area contributed by atoms with E-state index in [2.05, 4.69) is 5.32 Å². The van der Waals surface area contributed by atoms with Crippen LogP contribution >= 0.6 is 0 Å². The molecule has 0 aromatic heterocycles. The maximum absolute atomic E-state index is 11.7. The molecule has 0 saturated carbocycles. The third-order valence-corrected chi connectivity index (χ3v) is 2.79. The number of amides is 1. The van der Waals surface area contributed by atoms with Gasteiger partial charge in [-0.2, -0.15) is 0 Å². The minimum atomic E-state index is -0.907. The Bertz CT molecular complexity index is 444. The van der Waals surface area contributed by atoms with Crippen LogP contribution in [0.15, 0.2) is 24.3 Å². The molecule has 0 aliphatic rings. The number of nitrogens with two attached hydrogens (primary N) is 1. The minimum absolute atomic E-state index is 0.119. The van der Waals surface area contributed by atoms with Gasteiger partial charge in [-0.25, -0.2) is 0 Å². The number of anilines is 1. The van der Waals surface area contributed by atoms with Crippen molar-refractivity contribution >= 4 is 11.6 Å². The maximum Gasteiger partial charge on any atom is 0.258 e. The molecule has 1 aromatic rings. The van der Waals surface area contributed by atoms with Crippen molar-refractivity contribution in [2.24, 2.45) is 5.92 Å². The first-order valence-electron chi connectivity index (χ1n) is 6.76. The molecule has 5 nitrogen and oxygen atoms in total. The maximum atomic E-state index is 11.7. The zero-order valence-corrected chi connectivity index (χ0v) is 12.3. The molecule has 0 aliphatic carbocycles. The van der Waals surface area contributed by atoms with E-state index in [-0.39, 0.29) is 19.1 Å². The Morgan fingerprint density at radius 1 is 1.45 bits per heavy atom. The first kappa shape index (κ1) is 16.3. The van der Waals surface area contributed by atoms with E-state index in [1.807, 2.05) is 13.8 Å². The summed E-state index contributed by atoms with van der Waals surface area (Å²) in [4.78, 5) is 11.7. The number of carbonyl (C=O) groups is 1. The van der Waals surface area contributed by atoms with Gasteiger partial charge in [-0.15, -0.1) is 0 Å². The average molecular weight is 280 g/mol. The second-order valence-corrected chi connectivity index (χ2v) is 5.70. The second-order valence-electron chi connectivity index (χ2n) is 5.70. The van der Waals surface area contributed by atoms with Crippen LogP contribution in [0.5, 0.6) is 5.75 Å². The smallest absolute Gasteiger partial charge is 0.258 e. The molecule has 112 valence electrons. The fourth-order valence-electron chi connectivity index (χ4n) is 2.05. The first-order valence-corrected chi connectivity index (χ1v) is 6.76. The highest BCUT2D eigenvalue weighted by molar-refractivity contribution is 5.77. The van der Waals surface area contributed by atoms with E-state index in [1.54, 1.807) is 31.2 Å². The van der Waals surface area contributed by atoms with Crippen LogP contribution in [0.4, 0.5) is 5.69 Å². The largest absolute Gasteiger partial charge is 0.482 e.